The van der Waals surface area contributed by atoms with Gasteiger partial charge in [-0.3, -0.25) is 4.99 Å². The predicted molar refractivity (Wildman–Crippen MR) is 116 cm³/mol. The van der Waals surface area contributed by atoms with Crippen LogP contribution in [0.5, 0.6) is 0 Å². The highest BCUT2D eigenvalue weighted by molar-refractivity contribution is 14.0. The van der Waals surface area contributed by atoms with E-state index in [1.807, 2.05) is 20.8 Å². The van der Waals surface area contributed by atoms with E-state index in [9.17, 15) is 4.79 Å². The topological polar surface area (TPSA) is 78.0 Å². The molecular formula is C18H36IN5O2. The van der Waals surface area contributed by atoms with Gasteiger partial charge in [-0.2, -0.15) is 0 Å². The molecular weight excluding hydrogens is 445 g/mol. The smallest absolute Gasteiger partial charge is 0.407 e. The molecule has 1 amide bonds. The lowest BCUT2D eigenvalue weighted by Crippen LogP contribution is -2.42. The third-order valence-corrected chi connectivity index (χ3v) is 4.32. The molecule has 0 spiro atoms. The zero-order valence-corrected chi connectivity index (χ0v) is 19.0. The Bertz CT molecular complexity index is 463. The Labute approximate surface area is 175 Å². The van der Waals surface area contributed by atoms with Crippen LogP contribution in [0.4, 0.5) is 4.79 Å². The number of amides is 1. The van der Waals surface area contributed by atoms with Gasteiger partial charge >= 0.3 is 6.09 Å². The van der Waals surface area contributed by atoms with Crippen molar-refractivity contribution in [3.8, 4) is 0 Å². The Morgan fingerprint density at radius 2 is 1.85 bits per heavy atom. The van der Waals surface area contributed by atoms with Crippen LogP contribution in [0.25, 0.3) is 0 Å². The van der Waals surface area contributed by atoms with Crippen LogP contribution in [0.3, 0.4) is 0 Å². The summed E-state index contributed by atoms with van der Waals surface area (Å²) in [5.74, 6) is 1.48. The third kappa shape index (κ3) is 9.25. The van der Waals surface area contributed by atoms with Crippen molar-refractivity contribution in [1.29, 1.82) is 0 Å². The van der Waals surface area contributed by atoms with Crippen molar-refractivity contribution in [2.24, 2.45) is 10.9 Å². The highest BCUT2D eigenvalue weighted by Gasteiger charge is 2.34. The maximum atomic E-state index is 11.6. The molecule has 1 aliphatic heterocycles. The number of likely N-dealkylation sites (tertiary alicyclic amines) is 1. The number of halogens is 1. The summed E-state index contributed by atoms with van der Waals surface area (Å²) in [6, 6.07) is 0.860. The first-order valence-corrected chi connectivity index (χ1v) is 9.60. The Morgan fingerprint density at radius 1 is 1.15 bits per heavy atom. The third-order valence-electron chi connectivity index (χ3n) is 4.32. The van der Waals surface area contributed by atoms with E-state index in [1.165, 1.54) is 32.4 Å². The molecule has 1 aliphatic carbocycles. The zero-order chi connectivity index (χ0) is 18.3. The average Bonchev–Trinajstić information content (AvgIpc) is 3.26. The summed E-state index contributed by atoms with van der Waals surface area (Å²) in [5.41, 5.74) is -0.469. The quantitative estimate of drug-likeness (QED) is 0.225. The number of guanidine groups is 1. The number of carbonyl (C=O) groups excluding carboxylic acids is 1. The first-order valence-electron chi connectivity index (χ1n) is 9.60. The van der Waals surface area contributed by atoms with Gasteiger partial charge in [0, 0.05) is 38.8 Å². The van der Waals surface area contributed by atoms with Crippen molar-refractivity contribution in [3.05, 3.63) is 0 Å². The number of hydrogen-bond acceptors (Lipinski definition) is 4. The molecule has 0 aromatic rings. The van der Waals surface area contributed by atoms with Gasteiger partial charge in [-0.05, 0) is 59.4 Å². The Kier molecular flexibility index (Phi) is 9.99. The van der Waals surface area contributed by atoms with Gasteiger partial charge in [-0.1, -0.05) is 0 Å². The van der Waals surface area contributed by atoms with Crippen molar-refractivity contribution < 1.29 is 9.53 Å². The van der Waals surface area contributed by atoms with Gasteiger partial charge < -0.3 is 25.6 Å². The number of aliphatic imine (C=N–C) groups is 1. The number of rotatable bonds is 7. The Balaban J connectivity index is 0.00000338. The van der Waals surface area contributed by atoms with E-state index in [-0.39, 0.29) is 30.1 Å². The molecule has 1 unspecified atom stereocenters. The van der Waals surface area contributed by atoms with Crippen LogP contribution in [0.15, 0.2) is 4.99 Å². The molecule has 2 fully saturated rings. The van der Waals surface area contributed by atoms with E-state index < -0.39 is 5.60 Å². The summed E-state index contributed by atoms with van der Waals surface area (Å²) >= 11 is 0. The Hall–Kier alpha value is -0.770. The fraction of sp³-hybridized carbons (Fsp3) is 0.889. The normalized spacial score (nSPS) is 21.1. The predicted octanol–water partition coefficient (Wildman–Crippen LogP) is 2.17. The van der Waals surface area contributed by atoms with Crippen molar-refractivity contribution in [2.75, 3.05) is 39.3 Å². The first-order chi connectivity index (χ1) is 11.9. The van der Waals surface area contributed by atoms with Crippen LogP contribution in [0.1, 0.15) is 47.0 Å². The van der Waals surface area contributed by atoms with Crippen LogP contribution >= 0.6 is 24.0 Å². The molecule has 1 saturated carbocycles. The molecule has 7 nitrogen and oxygen atoms in total. The second-order valence-corrected chi connectivity index (χ2v) is 7.96. The standard InChI is InChI=1S/C18H35N5O2.HI/c1-5-19-16(20-9-10-21-17(24)25-18(2,3)4)22-12-14-8-11-23(13-14)15-6-7-15;/h14-15H,5-13H2,1-4H3,(H,21,24)(H2,19,20,22);1H. The second-order valence-electron chi connectivity index (χ2n) is 7.96. The van der Waals surface area contributed by atoms with E-state index in [4.69, 9.17) is 9.73 Å². The summed E-state index contributed by atoms with van der Waals surface area (Å²) in [7, 11) is 0. The van der Waals surface area contributed by atoms with Crippen molar-refractivity contribution in [1.82, 2.24) is 20.9 Å². The number of alkyl carbamates (subject to hydrolysis) is 1. The minimum atomic E-state index is -0.469. The lowest BCUT2D eigenvalue weighted by atomic mass is 10.1. The van der Waals surface area contributed by atoms with Crippen LogP contribution in [0, 0.1) is 5.92 Å². The number of nitrogens with one attached hydrogen (secondary N) is 3. The lowest BCUT2D eigenvalue weighted by molar-refractivity contribution is 0.0529. The molecule has 0 aromatic carbocycles. The van der Waals surface area contributed by atoms with Crippen LogP contribution in [0.2, 0.25) is 0 Å². The first kappa shape index (κ1) is 23.3. The second kappa shape index (κ2) is 11.2. The highest BCUT2D eigenvalue weighted by Crippen LogP contribution is 2.31. The van der Waals surface area contributed by atoms with Crippen molar-refractivity contribution in [3.63, 3.8) is 0 Å². The van der Waals surface area contributed by atoms with Gasteiger partial charge in [0.05, 0.1) is 0 Å². The molecule has 0 bridgehead atoms. The van der Waals surface area contributed by atoms with Crippen molar-refractivity contribution in [2.45, 2.75) is 58.6 Å². The lowest BCUT2D eigenvalue weighted by Gasteiger charge is -2.20. The zero-order valence-electron chi connectivity index (χ0n) is 16.6. The molecule has 8 heteroatoms. The maximum absolute atomic E-state index is 11.6. The van der Waals surface area contributed by atoms with E-state index in [1.54, 1.807) is 0 Å². The SMILES string of the molecule is CCNC(=NCC1CCN(C2CC2)C1)NCCNC(=O)OC(C)(C)C.I. The monoisotopic (exact) mass is 481 g/mol. The van der Waals surface area contributed by atoms with Gasteiger partial charge in [-0.25, -0.2) is 4.79 Å². The van der Waals surface area contributed by atoms with Gasteiger partial charge in [0.1, 0.15) is 5.60 Å². The van der Waals surface area contributed by atoms with Gasteiger partial charge in [-0.15, -0.1) is 24.0 Å². The molecule has 26 heavy (non-hydrogen) atoms. The maximum Gasteiger partial charge on any atom is 0.407 e. The van der Waals surface area contributed by atoms with Gasteiger partial charge in [0.15, 0.2) is 5.96 Å². The molecule has 1 atom stereocenters. The molecule has 0 radical (unpaired) electrons. The van der Waals surface area contributed by atoms with E-state index in [0.29, 0.717) is 19.0 Å². The molecule has 3 N–H and O–H groups in total. The van der Waals surface area contributed by atoms with Crippen LogP contribution < -0.4 is 16.0 Å². The minimum absolute atomic E-state index is 0. The summed E-state index contributed by atoms with van der Waals surface area (Å²) in [5, 5.41) is 9.27. The summed E-state index contributed by atoms with van der Waals surface area (Å²) in [6.45, 7) is 12.8. The minimum Gasteiger partial charge on any atom is -0.444 e. The molecule has 152 valence electrons. The number of ether oxygens (including phenoxy) is 1. The largest absolute Gasteiger partial charge is 0.444 e. The average molecular weight is 481 g/mol. The van der Waals surface area contributed by atoms with E-state index in [0.717, 1.165) is 25.1 Å². The summed E-state index contributed by atoms with van der Waals surface area (Å²) in [6.07, 6.45) is 3.62. The molecule has 2 rings (SSSR count). The fourth-order valence-corrected chi connectivity index (χ4v) is 3.00. The van der Waals surface area contributed by atoms with Crippen LogP contribution in [-0.2, 0) is 4.74 Å². The summed E-state index contributed by atoms with van der Waals surface area (Å²) < 4.78 is 5.21. The van der Waals surface area contributed by atoms with Gasteiger partial charge in [0.2, 0.25) is 0 Å². The van der Waals surface area contributed by atoms with E-state index in [2.05, 4.69) is 27.8 Å². The number of nitrogens with zero attached hydrogens (tertiary/aromatic N) is 2. The van der Waals surface area contributed by atoms with Crippen LogP contribution in [-0.4, -0.2) is 67.9 Å². The fourth-order valence-electron chi connectivity index (χ4n) is 3.00. The molecule has 1 saturated heterocycles. The van der Waals surface area contributed by atoms with E-state index >= 15 is 0 Å². The molecule has 2 aliphatic rings. The van der Waals surface area contributed by atoms with Gasteiger partial charge in [0.25, 0.3) is 0 Å². The highest BCUT2D eigenvalue weighted by atomic mass is 127. The number of carbonyl (C=O) groups is 1. The number of hydrogen-bond donors (Lipinski definition) is 3. The van der Waals surface area contributed by atoms with Crippen molar-refractivity contribution >= 4 is 36.0 Å². The Morgan fingerprint density at radius 3 is 2.46 bits per heavy atom. The molecule has 1 heterocycles. The summed E-state index contributed by atoms with van der Waals surface area (Å²) in [4.78, 5) is 18.9. The molecule has 0 aromatic heterocycles.